The van der Waals surface area contributed by atoms with E-state index in [1.165, 1.54) is 0 Å². The van der Waals surface area contributed by atoms with Crippen molar-refractivity contribution in [3.05, 3.63) is 29.0 Å². The summed E-state index contributed by atoms with van der Waals surface area (Å²) in [7, 11) is 4.21. The lowest BCUT2D eigenvalue weighted by Gasteiger charge is -2.29. The van der Waals surface area contributed by atoms with Crippen LogP contribution < -0.4 is 0 Å². The molecule has 0 unspecified atom stereocenters. The van der Waals surface area contributed by atoms with Crippen LogP contribution in [0.5, 0.6) is 0 Å². The highest BCUT2D eigenvalue weighted by Crippen LogP contribution is 2.26. The number of nitrogens with zero attached hydrogens (tertiary/aromatic N) is 3. The van der Waals surface area contributed by atoms with E-state index in [4.69, 9.17) is 28.2 Å². The molecule has 0 amide bonds. The molecule has 0 aliphatic carbocycles. The van der Waals surface area contributed by atoms with Gasteiger partial charge in [-0.2, -0.15) is 0 Å². The van der Waals surface area contributed by atoms with E-state index in [-0.39, 0.29) is 5.41 Å². The highest BCUT2D eigenvalue weighted by Gasteiger charge is 2.22. The number of alkyl halides is 1. The predicted molar refractivity (Wildman–Crippen MR) is 91.5 cm³/mol. The molecule has 1 aromatic heterocycles. The second kappa shape index (κ2) is 6.55. The van der Waals surface area contributed by atoms with Crippen LogP contribution in [-0.2, 0) is 13.0 Å². The van der Waals surface area contributed by atoms with Gasteiger partial charge in [0.05, 0.1) is 11.0 Å². The van der Waals surface area contributed by atoms with Crippen LogP contribution in [0.1, 0.15) is 19.7 Å². The second-order valence-electron chi connectivity index (χ2n) is 6.59. The minimum atomic E-state index is 0.151. The van der Waals surface area contributed by atoms with E-state index in [2.05, 4.69) is 37.4 Å². The molecule has 5 heteroatoms. The van der Waals surface area contributed by atoms with Gasteiger partial charge in [-0.15, -0.1) is 11.6 Å². The van der Waals surface area contributed by atoms with E-state index in [0.29, 0.717) is 5.88 Å². The maximum atomic E-state index is 6.08. The molecule has 0 aliphatic heterocycles. The van der Waals surface area contributed by atoms with E-state index in [0.717, 1.165) is 41.4 Å². The molecule has 0 N–H and O–H groups in total. The van der Waals surface area contributed by atoms with Crippen LogP contribution in [0.15, 0.2) is 18.2 Å². The average Bonchev–Trinajstić information content (AvgIpc) is 2.64. The number of imidazole rings is 1. The maximum Gasteiger partial charge on any atom is 0.111 e. The zero-order valence-corrected chi connectivity index (χ0v) is 14.7. The quantitative estimate of drug-likeness (QED) is 0.746. The van der Waals surface area contributed by atoms with Gasteiger partial charge in [0, 0.05) is 30.4 Å². The normalized spacial score (nSPS) is 12.5. The van der Waals surface area contributed by atoms with Gasteiger partial charge in [-0.05, 0) is 37.7 Å². The van der Waals surface area contributed by atoms with Crippen molar-refractivity contribution in [2.45, 2.75) is 26.8 Å². The summed E-state index contributed by atoms with van der Waals surface area (Å²) in [6, 6.07) is 5.89. The zero-order chi connectivity index (χ0) is 15.6. The SMILES string of the molecule is CN(C)CC(C)(C)Cn1c(CCCl)nc2cc(Cl)ccc21. The molecule has 0 atom stereocenters. The molecular formula is C16H23Cl2N3. The third-order valence-electron chi connectivity index (χ3n) is 3.44. The van der Waals surface area contributed by atoms with E-state index in [9.17, 15) is 0 Å². The van der Waals surface area contributed by atoms with Crippen molar-refractivity contribution in [3.8, 4) is 0 Å². The summed E-state index contributed by atoms with van der Waals surface area (Å²) in [6.45, 7) is 6.48. The summed E-state index contributed by atoms with van der Waals surface area (Å²) in [5, 5.41) is 0.720. The molecule has 3 nitrogen and oxygen atoms in total. The molecule has 21 heavy (non-hydrogen) atoms. The molecule has 1 aromatic carbocycles. The Morgan fingerprint density at radius 2 is 2.00 bits per heavy atom. The number of benzene rings is 1. The molecule has 0 bridgehead atoms. The smallest absolute Gasteiger partial charge is 0.111 e. The van der Waals surface area contributed by atoms with E-state index >= 15 is 0 Å². The van der Waals surface area contributed by atoms with Gasteiger partial charge in [0.15, 0.2) is 0 Å². The average molecular weight is 328 g/mol. The molecule has 0 aliphatic rings. The molecule has 0 saturated heterocycles. The van der Waals surface area contributed by atoms with Crippen LogP contribution in [0.2, 0.25) is 5.02 Å². The third kappa shape index (κ3) is 4.12. The van der Waals surface area contributed by atoms with Crippen molar-refractivity contribution < 1.29 is 0 Å². The van der Waals surface area contributed by atoms with Crippen LogP contribution in [0.25, 0.3) is 11.0 Å². The Labute approximate surface area is 136 Å². The van der Waals surface area contributed by atoms with Crippen molar-refractivity contribution in [2.75, 3.05) is 26.5 Å². The number of aryl methyl sites for hydroxylation is 1. The Hall–Kier alpha value is -0.770. The predicted octanol–water partition coefficient (Wildman–Crippen LogP) is 4.06. The van der Waals surface area contributed by atoms with E-state index < -0.39 is 0 Å². The topological polar surface area (TPSA) is 21.1 Å². The van der Waals surface area contributed by atoms with Gasteiger partial charge < -0.3 is 9.47 Å². The number of aromatic nitrogens is 2. The summed E-state index contributed by atoms with van der Waals surface area (Å²) in [5.41, 5.74) is 2.23. The van der Waals surface area contributed by atoms with Crippen molar-refractivity contribution in [2.24, 2.45) is 5.41 Å². The first-order valence-corrected chi connectivity index (χ1v) is 8.09. The summed E-state index contributed by atoms with van der Waals surface area (Å²) < 4.78 is 2.29. The van der Waals surface area contributed by atoms with Crippen molar-refractivity contribution in [1.29, 1.82) is 0 Å². The van der Waals surface area contributed by atoms with Gasteiger partial charge in [0.1, 0.15) is 5.82 Å². The minimum Gasteiger partial charge on any atom is -0.327 e. The van der Waals surface area contributed by atoms with Gasteiger partial charge in [-0.1, -0.05) is 25.4 Å². The third-order valence-corrected chi connectivity index (χ3v) is 3.86. The molecule has 2 rings (SSSR count). The zero-order valence-electron chi connectivity index (χ0n) is 13.2. The molecular weight excluding hydrogens is 305 g/mol. The van der Waals surface area contributed by atoms with Crippen LogP contribution in [0.3, 0.4) is 0 Å². The molecule has 0 saturated carbocycles. The number of halogens is 2. The molecule has 116 valence electrons. The van der Waals surface area contributed by atoms with Crippen LogP contribution in [-0.4, -0.2) is 41.0 Å². The first-order chi connectivity index (χ1) is 9.82. The van der Waals surface area contributed by atoms with Gasteiger partial charge >= 0.3 is 0 Å². The largest absolute Gasteiger partial charge is 0.327 e. The monoisotopic (exact) mass is 327 g/mol. The van der Waals surface area contributed by atoms with E-state index in [1.54, 1.807) is 0 Å². The van der Waals surface area contributed by atoms with Crippen LogP contribution in [0.4, 0.5) is 0 Å². The number of hydrogen-bond acceptors (Lipinski definition) is 2. The Balaban J connectivity index is 2.42. The highest BCUT2D eigenvalue weighted by molar-refractivity contribution is 6.31. The minimum absolute atomic E-state index is 0.151. The summed E-state index contributed by atoms with van der Waals surface area (Å²) in [6.07, 6.45) is 0.770. The molecule has 0 fully saturated rings. The van der Waals surface area contributed by atoms with Gasteiger partial charge in [0.25, 0.3) is 0 Å². The molecule has 0 spiro atoms. The maximum absolute atomic E-state index is 6.08. The lowest BCUT2D eigenvalue weighted by Crippen LogP contribution is -2.32. The van der Waals surface area contributed by atoms with Crippen LogP contribution in [0, 0.1) is 5.41 Å². The molecule has 2 aromatic rings. The Morgan fingerprint density at radius 1 is 1.29 bits per heavy atom. The summed E-state index contributed by atoms with van der Waals surface area (Å²) in [5.74, 6) is 1.61. The fourth-order valence-corrected chi connectivity index (χ4v) is 3.27. The molecule has 1 heterocycles. The fourth-order valence-electron chi connectivity index (χ4n) is 2.94. The fraction of sp³-hybridized carbons (Fsp3) is 0.562. The van der Waals surface area contributed by atoms with Gasteiger partial charge in [-0.25, -0.2) is 4.98 Å². The van der Waals surface area contributed by atoms with Crippen molar-refractivity contribution in [1.82, 2.24) is 14.5 Å². The van der Waals surface area contributed by atoms with Gasteiger partial charge in [0.2, 0.25) is 0 Å². The number of hydrogen-bond donors (Lipinski definition) is 0. The number of fused-ring (bicyclic) bond motifs is 1. The first-order valence-electron chi connectivity index (χ1n) is 7.18. The van der Waals surface area contributed by atoms with E-state index in [1.807, 2.05) is 18.2 Å². The number of rotatable bonds is 6. The van der Waals surface area contributed by atoms with Crippen LogP contribution >= 0.6 is 23.2 Å². The Bertz CT molecular complexity index is 617. The lowest BCUT2D eigenvalue weighted by atomic mass is 9.92. The Kier molecular flexibility index (Phi) is 5.18. The lowest BCUT2D eigenvalue weighted by molar-refractivity contribution is 0.211. The standard InChI is InChI=1S/C16H23Cl2N3/c1-16(2,10-20(3)4)11-21-14-6-5-12(18)9-13(14)19-15(21)7-8-17/h5-6,9H,7-8,10-11H2,1-4H3. The summed E-state index contributed by atoms with van der Waals surface area (Å²) in [4.78, 5) is 6.93. The van der Waals surface area contributed by atoms with Crippen molar-refractivity contribution >= 4 is 34.2 Å². The summed E-state index contributed by atoms with van der Waals surface area (Å²) >= 11 is 12.0. The highest BCUT2D eigenvalue weighted by atomic mass is 35.5. The Morgan fingerprint density at radius 3 is 2.62 bits per heavy atom. The second-order valence-corrected chi connectivity index (χ2v) is 7.40. The first kappa shape index (κ1) is 16.6. The van der Waals surface area contributed by atoms with Crippen molar-refractivity contribution in [3.63, 3.8) is 0 Å². The molecule has 0 radical (unpaired) electrons. The van der Waals surface area contributed by atoms with Gasteiger partial charge in [-0.3, -0.25) is 0 Å².